The largest absolute Gasteiger partial charge is 0.493 e. The van der Waals surface area contributed by atoms with Crippen LogP contribution in [0.1, 0.15) is 51.4 Å². The second-order valence-corrected chi connectivity index (χ2v) is 6.61. The molecule has 2 rings (SSSR count). The van der Waals surface area contributed by atoms with Gasteiger partial charge in [-0.25, -0.2) is 0 Å². The maximum atomic E-state index is 6.04. The topological polar surface area (TPSA) is 9.23 Å². The number of para-hydroxylation sites is 1. The minimum absolute atomic E-state index is 0.802. The van der Waals surface area contributed by atoms with E-state index in [9.17, 15) is 0 Å². The number of unbranched alkanes of at least 4 members (excludes halogenated alkanes) is 7. The summed E-state index contributed by atoms with van der Waals surface area (Å²) in [5.41, 5.74) is 2.39. The van der Waals surface area contributed by atoms with Crippen LogP contribution in [0.25, 0.3) is 11.1 Å². The lowest BCUT2D eigenvalue weighted by Crippen LogP contribution is -1.98. The van der Waals surface area contributed by atoms with Crippen molar-refractivity contribution in [1.29, 1.82) is 0 Å². The predicted octanol–water partition coefficient (Wildman–Crippen LogP) is 7.09. The highest BCUT2D eigenvalue weighted by Crippen LogP contribution is 2.29. The molecule has 1 nitrogen and oxygen atoms in total. The van der Waals surface area contributed by atoms with Gasteiger partial charge >= 0.3 is 0 Å². The summed E-state index contributed by atoms with van der Waals surface area (Å²) >= 11 is 5.69. The Morgan fingerprint density at radius 3 is 1.92 bits per heavy atom. The van der Waals surface area contributed by atoms with Crippen molar-refractivity contribution in [1.82, 2.24) is 0 Å². The first-order chi connectivity index (χ1) is 11.9. The Kier molecular flexibility index (Phi) is 9.41. The van der Waals surface area contributed by atoms with E-state index in [1.807, 2.05) is 12.1 Å². The third kappa shape index (κ3) is 6.97. The Hall–Kier alpha value is -1.47. The summed E-state index contributed by atoms with van der Waals surface area (Å²) in [5, 5.41) is 0. The normalized spacial score (nSPS) is 10.7. The van der Waals surface area contributed by atoms with E-state index in [1.165, 1.54) is 49.7 Å². The van der Waals surface area contributed by atoms with Crippen LogP contribution >= 0.6 is 11.6 Å². The van der Waals surface area contributed by atoms with Gasteiger partial charge < -0.3 is 4.74 Å². The van der Waals surface area contributed by atoms with Crippen LogP contribution in [0.15, 0.2) is 54.6 Å². The maximum Gasteiger partial charge on any atom is 0.127 e. The van der Waals surface area contributed by atoms with E-state index in [0.29, 0.717) is 0 Å². The smallest absolute Gasteiger partial charge is 0.127 e. The molecule has 2 aromatic carbocycles. The molecule has 0 aliphatic rings. The van der Waals surface area contributed by atoms with Crippen LogP contribution in [0, 0.1) is 0 Å². The number of rotatable bonds is 12. The summed E-state index contributed by atoms with van der Waals surface area (Å²) in [5.74, 6) is 1.80. The molecule has 0 saturated carbocycles. The first kappa shape index (κ1) is 18.9. The average molecular weight is 345 g/mol. The Balaban J connectivity index is 1.65. The van der Waals surface area contributed by atoms with Crippen LogP contribution in [-0.4, -0.2) is 12.5 Å². The van der Waals surface area contributed by atoms with E-state index in [4.69, 9.17) is 16.3 Å². The first-order valence-corrected chi connectivity index (χ1v) is 9.78. The molecule has 0 spiro atoms. The van der Waals surface area contributed by atoms with Gasteiger partial charge in [0.15, 0.2) is 0 Å². The summed E-state index contributed by atoms with van der Waals surface area (Å²) in [4.78, 5) is 0. The Morgan fingerprint density at radius 1 is 0.625 bits per heavy atom. The van der Waals surface area contributed by atoms with Gasteiger partial charge in [-0.2, -0.15) is 0 Å². The van der Waals surface area contributed by atoms with Crippen molar-refractivity contribution in [2.75, 3.05) is 12.5 Å². The zero-order valence-corrected chi connectivity index (χ0v) is 15.3. The third-order valence-electron chi connectivity index (χ3n) is 4.26. The van der Waals surface area contributed by atoms with Gasteiger partial charge in [0, 0.05) is 11.4 Å². The Morgan fingerprint density at radius 2 is 1.21 bits per heavy atom. The molecule has 0 amide bonds. The van der Waals surface area contributed by atoms with Gasteiger partial charge in [0.1, 0.15) is 5.75 Å². The summed E-state index contributed by atoms with van der Waals surface area (Å²) in [6, 6.07) is 18.8. The highest BCUT2D eigenvalue weighted by Gasteiger charge is 2.04. The van der Waals surface area contributed by atoms with Gasteiger partial charge in [-0.1, -0.05) is 87.1 Å². The summed E-state index contributed by atoms with van der Waals surface area (Å²) in [6.45, 7) is 0.802. The van der Waals surface area contributed by atoms with Crippen molar-refractivity contribution in [3.05, 3.63) is 54.6 Å². The van der Waals surface area contributed by atoms with Gasteiger partial charge in [-0.15, -0.1) is 11.6 Å². The lowest BCUT2D eigenvalue weighted by molar-refractivity contribution is 0.305. The second kappa shape index (κ2) is 12.0. The van der Waals surface area contributed by atoms with Gasteiger partial charge in [0.25, 0.3) is 0 Å². The molecule has 130 valence electrons. The van der Waals surface area contributed by atoms with Crippen LogP contribution in [0.2, 0.25) is 0 Å². The number of benzene rings is 2. The Labute approximate surface area is 152 Å². The fourth-order valence-electron chi connectivity index (χ4n) is 2.89. The molecular weight excluding hydrogens is 316 g/mol. The minimum Gasteiger partial charge on any atom is -0.493 e. The van der Waals surface area contributed by atoms with Crippen molar-refractivity contribution in [3.8, 4) is 16.9 Å². The number of hydrogen-bond acceptors (Lipinski definition) is 1. The molecule has 0 aromatic heterocycles. The molecular formula is C22H29ClO. The summed E-state index contributed by atoms with van der Waals surface area (Å²) < 4.78 is 6.04. The van der Waals surface area contributed by atoms with Crippen molar-refractivity contribution in [2.24, 2.45) is 0 Å². The molecule has 0 aliphatic heterocycles. The molecule has 0 heterocycles. The maximum absolute atomic E-state index is 6.04. The van der Waals surface area contributed by atoms with Gasteiger partial charge in [0.05, 0.1) is 6.61 Å². The number of halogens is 1. The SMILES string of the molecule is ClCCCCCCCCCCOc1ccccc1-c1ccccc1. The molecule has 0 saturated heterocycles. The molecule has 2 aromatic rings. The van der Waals surface area contributed by atoms with E-state index in [1.54, 1.807) is 0 Å². The standard InChI is InChI=1S/C22H29ClO/c23-18-12-5-3-1-2-4-6-13-19-24-22-17-11-10-16-21(22)20-14-8-7-9-15-20/h7-11,14-17H,1-6,12-13,18-19H2. The quantitative estimate of drug-likeness (QED) is 0.295. The zero-order valence-electron chi connectivity index (χ0n) is 14.6. The predicted molar refractivity (Wildman–Crippen MR) is 105 cm³/mol. The van der Waals surface area contributed by atoms with E-state index in [-0.39, 0.29) is 0 Å². The molecule has 0 N–H and O–H groups in total. The second-order valence-electron chi connectivity index (χ2n) is 6.23. The van der Waals surface area contributed by atoms with E-state index < -0.39 is 0 Å². The fraction of sp³-hybridized carbons (Fsp3) is 0.455. The van der Waals surface area contributed by atoms with E-state index >= 15 is 0 Å². The molecule has 0 bridgehead atoms. The molecule has 0 fully saturated rings. The van der Waals surface area contributed by atoms with Gasteiger partial charge in [-0.3, -0.25) is 0 Å². The third-order valence-corrected chi connectivity index (χ3v) is 4.52. The lowest BCUT2D eigenvalue weighted by Gasteiger charge is -2.11. The van der Waals surface area contributed by atoms with Crippen molar-refractivity contribution >= 4 is 11.6 Å². The number of hydrogen-bond donors (Lipinski definition) is 0. The molecule has 0 aliphatic carbocycles. The van der Waals surface area contributed by atoms with Crippen molar-refractivity contribution in [3.63, 3.8) is 0 Å². The van der Waals surface area contributed by atoms with E-state index in [2.05, 4.69) is 42.5 Å². The van der Waals surface area contributed by atoms with Gasteiger partial charge in [0.2, 0.25) is 0 Å². The van der Waals surface area contributed by atoms with Crippen LogP contribution in [-0.2, 0) is 0 Å². The van der Waals surface area contributed by atoms with Crippen LogP contribution < -0.4 is 4.74 Å². The van der Waals surface area contributed by atoms with Crippen LogP contribution in [0.3, 0.4) is 0 Å². The highest BCUT2D eigenvalue weighted by atomic mass is 35.5. The summed E-state index contributed by atoms with van der Waals surface area (Å²) in [6.07, 6.45) is 10.1. The van der Waals surface area contributed by atoms with Crippen LogP contribution in [0.4, 0.5) is 0 Å². The molecule has 0 atom stereocenters. The lowest BCUT2D eigenvalue weighted by atomic mass is 10.0. The molecule has 24 heavy (non-hydrogen) atoms. The fourth-order valence-corrected chi connectivity index (χ4v) is 3.08. The van der Waals surface area contributed by atoms with Crippen molar-refractivity contribution in [2.45, 2.75) is 51.4 Å². The average Bonchev–Trinajstić information content (AvgIpc) is 2.64. The van der Waals surface area contributed by atoms with Gasteiger partial charge in [-0.05, 0) is 24.5 Å². The van der Waals surface area contributed by atoms with Crippen molar-refractivity contribution < 1.29 is 4.74 Å². The number of ether oxygens (including phenoxy) is 1. The summed E-state index contributed by atoms with van der Waals surface area (Å²) in [7, 11) is 0. The highest BCUT2D eigenvalue weighted by molar-refractivity contribution is 6.17. The van der Waals surface area contributed by atoms with Crippen LogP contribution in [0.5, 0.6) is 5.75 Å². The minimum atomic E-state index is 0.802. The molecule has 0 radical (unpaired) electrons. The molecule has 2 heteroatoms. The Bertz CT molecular complexity index is 553. The van der Waals surface area contributed by atoms with E-state index in [0.717, 1.165) is 31.1 Å². The molecule has 0 unspecified atom stereocenters. The monoisotopic (exact) mass is 344 g/mol. The first-order valence-electron chi connectivity index (χ1n) is 9.25. The zero-order chi connectivity index (χ0) is 16.9. The number of alkyl halides is 1.